The molecular formula is C28H37ClO7. The summed E-state index contributed by atoms with van der Waals surface area (Å²) in [5.41, 5.74) is 1.96. The van der Waals surface area contributed by atoms with E-state index in [1.165, 1.54) is 0 Å². The Morgan fingerprint density at radius 2 is 1.17 bits per heavy atom. The quantitative estimate of drug-likeness (QED) is 0.233. The number of alkyl halides is 1. The highest BCUT2D eigenvalue weighted by atomic mass is 35.5. The summed E-state index contributed by atoms with van der Waals surface area (Å²) in [6.45, 7) is 8.45. The lowest BCUT2D eigenvalue weighted by atomic mass is 9.78. The van der Waals surface area contributed by atoms with Gasteiger partial charge in [0.15, 0.2) is 6.10 Å². The lowest BCUT2D eigenvalue weighted by Crippen LogP contribution is -2.29. The van der Waals surface area contributed by atoms with Crippen molar-refractivity contribution in [1.29, 1.82) is 0 Å². The number of halogens is 1. The average molecular weight is 521 g/mol. The maximum absolute atomic E-state index is 11.6. The van der Waals surface area contributed by atoms with E-state index in [1.54, 1.807) is 21.0 Å². The van der Waals surface area contributed by atoms with Crippen molar-refractivity contribution in [2.75, 3.05) is 32.8 Å². The second-order valence-corrected chi connectivity index (χ2v) is 9.14. The number of rotatable bonds is 15. The molecule has 2 aromatic rings. The molecule has 0 spiro atoms. The monoisotopic (exact) mass is 520 g/mol. The zero-order valence-corrected chi connectivity index (χ0v) is 22.5. The van der Waals surface area contributed by atoms with Gasteiger partial charge in [-0.1, -0.05) is 52.0 Å². The first-order valence-corrected chi connectivity index (χ1v) is 12.7. The first kappa shape index (κ1) is 29.5. The Hall–Kier alpha value is -2.77. The van der Waals surface area contributed by atoms with Crippen LogP contribution < -0.4 is 9.47 Å². The fraction of sp³-hybridized carbons (Fsp3) is 0.500. The van der Waals surface area contributed by atoms with Gasteiger partial charge in [-0.15, -0.1) is 11.6 Å². The van der Waals surface area contributed by atoms with Crippen LogP contribution in [-0.4, -0.2) is 57.0 Å². The number of hydrogen-bond acceptors (Lipinski definition) is 7. The van der Waals surface area contributed by atoms with E-state index in [1.807, 2.05) is 48.5 Å². The number of esters is 2. The van der Waals surface area contributed by atoms with Gasteiger partial charge in [0, 0.05) is 25.4 Å². The third-order valence-electron chi connectivity index (χ3n) is 5.72. The molecule has 0 aliphatic carbocycles. The summed E-state index contributed by atoms with van der Waals surface area (Å²) in [6.07, 6.45) is -0.343. The summed E-state index contributed by atoms with van der Waals surface area (Å²) >= 11 is 5.88. The van der Waals surface area contributed by atoms with Gasteiger partial charge in [0.2, 0.25) is 0 Å². The first-order valence-electron chi connectivity index (χ1n) is 12.1. The molecule has 36 heavy (non-hydrogen) atoms. The molecule has 0 N–H and O–H groups in total. The molecule has 0 aliphatic rings. The molecule has 2 unspecified atom stereocenters. The van der Waals surface area contributed by atoms with Crippen molar-refractivity contribution in [3.8, 4) is 11.5 Å². The second-order valence-electron chi connectivity index (χ2n) is 8.84. The Balaban J connectivity index is 1.98. The molecule has 2 rings (SSSR count). The molecule has 2 atom stereocenters. The maximum Gasteiger partial charge on any atom is 0.305 e. The Kier molecular flexibility index (Phi) is 12.0. The van der Waals surface area contributed by atoms with Crippen LogP contribution in [0.3, 0.4) is 0 Å². The summed E-state index contributed by atoms with van der Waals surface area (Å²) < 4.78 is 27.3. The van der Waals surface area contributed by atoms with Crippen molar-refractivity contribution in [2.24, 2.45) is 0 Å². The topological polar surface area (TPSA) is 80.3 Å². The SMILES string of the molecule is CCC(=O)OC(CCl)COc1ccc(C(C)(C)c2ccc(OCC(COC)OC(=O)CC)cc2)cc1. The van der Waals surface area contributed by atoms with Crippen LogP contribution in [0, 0.1) is 0 Å². The molecule has 0 aromatic heterocycles. The predicted octanol–water partition coefficient (Wildman–Crippen LogP) is 5.30. The van der Waals surface area contributed by atoms with E-state index >= 15 is 0 Å². The number of carbonyl (C=O) groups excluding carboxylic acids is 2. The van der Waals surface area contributed by atoms with Crippen molar-refractivity contribution in [2.45, 2.75) is 58.2 Å². The minimum Gasteiger partial charge on any atom is -0.490 e. The molecule has 198 valence electrons. The van der Waals surface area contributed by atoms with E-state index in [4.69, 9.17) is 35.3 Å². The van der Waals surface area contributed by atoms with Crippen LogP contribution in [0.15, 0.2) is 48.5 Å². The van der Waals surface area contributed by atoms with Crippen molar-refractivity contribution in [3.05, 3.63) is 59.7 Å². The maximum atomic E-state index is 11.6. The second kappa shape index (κ2) is 14.7. The van der Waals surface area contributed by atoms with Gasteiger partial charge in [-0.05, 0) is 35.4 Å². The van der Waals surface area contributed by atoms with Crippen LogP contribution in [0.1, 0.15) is 51.7 Å². The van der Waals surface area contributed by atoms with Gasteiger partial charge in [-0.3, -0.25) is 9.59 Å². The molecule has 0 aliphatic heterocycles. The van der Waals surface area contributed by atoms with Crippen LogP contribution in [-0.2, 0) is 29.2 Å². The molecule has 0 saturated heterocycles. The molecule has 7 nitrogen and oxygen atoms in total. The van der Waals surface area contributed by atoms with Crippen LogP contribution in [0.5, 0.6) is 11.5 Å². The van der Waals surface area contributed by atoms with E-state index < -0.39 is 12.2 Å². The highest BCUT2D eigenvalue weighted by molar-refractivity contribution is 6.18. The third-order valence-corrected chi connectivity index (χ3v) is 6.07. The van der Waals surface area contributed by atoms with Gasteiger partial charge < -0.3 is 23.7 Å². The van der Waals surface area contributed by atoms with Gasteiger partial charge in [0.25, 0.3) is 0 Å². The molecule has 0 radical (unpaired) electrons. The number of hydrogen-bond donors (Lipinski definition) is 0. The summed E-state index contributed by atoms with van der Waals surface area (Å²) in [5.74, 6) is 0.952. The van der Waals surface area contributed by atoms with Gasteiger partial charge >= 0.3 is 11.9 Å². The van der Waals surface area contributed by atoms with E-state index in [9.17, 15) is 9.59 Å². The van der Waals surface area contributed by atoms with Gasteiger partial charge in [0.1, 0.15) is 30.8 Å². The number of ether oxygens (including phenoxy) is 5. The molecule has 0 heterocycles. The van der Waals surface area contributed by atoms with Crippen LogP contribution in [0.25, 0.3) is 0 Å². The largest absolute Gasteiger partial charge is 0.490 e. The normalized spacial score (nSPS) is 12.9. The fourth-order valence-electron chi connectivity index (χ4n) is 3.43. The third kappa shape index (κ3) is 9.03. The molecule has 2 aromatic carbocycles. The molecule has 0 fully saturated rings. The zero-order chi connectivity index (χ0) is 26.6. The summed E-state index contributed by atoms with van der Waals surface area (Å²) in [7, 11) is 1.56. The van der Waals surface area contributed by atoms with Crippen LogP contribution in [0.4, 0.5) is 0 Å². The predicted molar refractivity (Wildman–Crippen MR) is 139 cm³/mol. The standard InChI is InChI=1S/C28H37ClO7/c1-6-26(30)35-24(16-29)18-33-22-12-8-20(9-13-22)28(3,4)21-10-14-23(15-11-21)34-19-25(17-32-5)36-27(31)7-2/h8-15,24-25H,6-7,16-19H2,1-5H3. The highest BCUT2D eigenvalue weighted by Gasteiger charge is 2.23. The lowest BCUT2D eigenvalue weighted by molar-refractivity contribution is -0.153. The molecule has 0 saturated carbocycles. The van der Waals surface area contributed by atoms with E-state index in [0.29, 0.717) is 24.3 Å². The van der Waals surface area contributed by atoms with Crippen LogP contribution in [0.2, 0.25) is 0 Å². The van der Waals surface area contributed by atoms with Crippen molar-refractivity contribution < 1.29 is 33.3 Å². The smallest absolute Gasteiger partial charge is 0.305 e. The Bertz CT molecular complexity index is 941. The molecule has 8 heteroatoms. The van der Waals surface area contributed by atoms with Crippen molar-refractivity contribution in [3.63, 3.8) is 0 Å². The van der Waals surface area contributed by atoms with Crippen molar-refractivity contribution >= 4 is 23.5 Å². The lowest BCUT2D eigenvalue weighted by Gasteiger charge is -2.27. The Morgan fingerprint density at radius 3 is 1.56 bits per heavy atom. The van der Waals surface area contributed by atoms with Gasteiger partial charge in [-0.25, -0.2) is 0 Å². The Labute approximate surface area is 219 Å². The van der Waals surface area contributed by atoms with E-state index in [-0.39, 0.29) is 43.1 Å². The van der Waals surface area contributed by atoms with E-state index in [0.717, 1.165) is 11.1 Å². The number of methoxy groups -OCH3 is 1. The summed E-state index contributed by atoms with van der Waals surface area (Å²) in [4.78, 5) is 23.1. The minimum atomic E-state index is -0.487. The summed E-state index contributed by atoms with van der Waals surface area (Å²) in [6, 6.07) is 15.7. The van der Waals surface area contributed by atoms with Crippen LogP contribution >= 0.6 is 11.6 Å². The molecule has 0 bridgehead atoms. The molecular weight excluding hydrogens is 484 g/mol. The zero-order valence-electron chi connectivity index (χ0n) is 21.8. The summed E-state index contributed by atoms with van der Waals surface area (Å²) in [5, 5.41) is 0. The number of benzene rings is 2. The van der Waals surface area contributed by atoms with Crippen molar-refractivity contribution in [1.82, 2.24) is 0 Å². The number of carbonyl (C=O) groups is 2. The van der Waals surface area contributed by atoms with E-state index in [2.05, 4.69) is 13.8 Å². The molecule has 0 amide bonds. The Morgan fingerprint density at radius 1 is 0.750 bits per heavy atom. The minimum absolute atomic E-state index is 0.174. The highest BCUT2D eigenvalue weighted by Crippen LogP contribution is 2.33. The van der Waals surface area contributed by atoms with Gasteiger partial charge in [-0.2, -0.15) is 0 Å². The fourth-order valence-corrected chi connectivity index (χ4v) is 3.58. The van der Waals surface area contributed by atoms with Gasteiger partial charge in [0.05, 0.1) is 12.5 Å². The average Bonchev–Trinajstić information content (AvgIpc) is 2.89. The first-order chi connectivity index (χ1) is 17.2.